The lowest BCUT2D eigenvalue weighted by Gasteiger charge is -2.31. The number of fused-ring (bicyclic) bond motifs is 1. The summed E-state index contributed by atoms with van der Waals surface area (Å²) in [6.45, 7) is 1.28. The first-order chi connectivity index (χ1) is 15.7. The molecule has 32 heavy (non-hydrogen) atoms. The Hall–Kier alpha value is -3.32. The lowest BCUT2D eigenvalue weighted by molar-refractivity contribution is -0.134. The molecule has 162 valence electrons. The van der Waals surface area contributed by atoms with Crippen LogP contribution in [0.15, 0.2) is 66.7 Å². The maximum Gasteiger partial charge on any atom is 0.260 e. The average molecular weight is 448 g/mol. The normalized spacial score (nSPS) is 16.3. The molecule has 5 rings (SSSR count). The third-order valence-electron chi connectivity index (χ3n) is 5.75. The largest absolute Gasteiger partial charge is 0.484 e. The second kappa shape index (κ2) is 9.04. The molecule has 3 aromatic carbocycles. The first kappa shape index (κ1) is 20.6. The summed E-state index contributed by atoms with van der Waals surface area (Å²) in [6.07, 6.45) is 1.82. The third kappa shape index (κ3) is 4.34. The summed E-state index contributed by atoms with van der Waals surface area (Å²) in [6, 6.07) is 20.5. The van der Waals surface area contributed by atoms with Crippen LogP contribution >= 0.6 is 11.3 Å². The van der Waals surface area contributed by atoms with E-state index < -0.39 is 0 Å². The van der Waals surface area contributed by atoms with Crippen LogP contribution in [0.4, 0.5) is 4.39 Å². The van der Waals surface area contributed by atoms with Gasteiger partial charge in [0.2, 0.25) is 0 Å². The van der Waals surface area contributed by atoms with E-state index in [0.29, 0.717) is 29.4 Å². The zero-order valence-corrected chi connectivity index (χ0v) is 18.2. The fraction of sp³-hybridized carbons (Fsp3) is 0.240. The number of hydrogen-bond donors (Lipinski definition) is 0. The van der Waals surface area contributed by atoms with Gasteiger partial charge in [0.15, 0.2) is 11.6 Å². The van der Waals surface area contributed by atoms with Crippen LogP contribution in [-0.4, -0.2) is 40.7 Å². The van der Waals surface area contributed by atoms with Gasteiger partial charge in [-0.25, -0.2) is 4.39 Å². The van der Waals surface area contributed by atoms with Crippen molar-refractivity contribution >= 4 is 28.0 Å². The quantitative estimate of drug-likeness (QED) is 0.418. The molecule has 1 fully saturated rings. The summed E-state index contributed by atoms with van der Waals surface area (Å²) < 4.78 is 19.9. The predicted octanol–water partition coefficient (Wildman–Crippen LogP) is 5.28. The maximum atomic E-state index is 14.1. The monoisotopic (exact) mass is 447 g/mol. The van der Waals surface area contributed by atoms with Gasteiger partial charge in [-0.3, -0.25) is 4.79 Å². The summed E-state index contributed by atoms with van der Waals surface area (Å²) in [7, 11) is 0. The van der Waals surface area contributed by atoms with Gasteiger partial charge in [0.1, 0.15) is 16.6 Å². The van der Waals surface area contributed by atoms with Crippen LogP contribution in [0.25, 0.3) is 21.3 Å². The minimum Gasteiger partial charge on any atom is -0.484 e. The average Bonchev–Trinajstić information content (AvgIpc) is 3.33. The first-order valence-corrected chi connectivity index (χ1v) is 11.5. The van der Waals surface area contributed by atoms with Crippen LogP contribution in [0, 0.1) is 5.82 Å². The van der Waals surface area contributed by atoms with Crippen LogP contribution in [0.1, 0.15) is 23.8 Å². The third-order valence-corrected chi connectivity index (χ3v) is 6.87. The Labute approximate surface area is 189 Å². The molecule has 4 aromatic rings. The number of nitrogens with zero attached hydrogens (tertiary/aromatic N) is 3. The topological polar surface area (TPSA) is 55.3 Å². The summed E-state index contributed by atoms with van der Waals surface area (Å²) in [5.74, 6) is 0.443. The molecule has 1 aromatic heterocycles. The van der Waals surface area contributed by atoms with Crippen molar-refractivity contribution in [3.05, 3.63) is 77.6 Å². The first-order valence-electron chi connectivity index (χ1n) is 10.6. The molecule has 5 nitrogen and oxygen atoms in total. The number of halogens is 1. The van der Waals surface area contributed by atoms with Crippen molar-refractivity contribution in [2.75, 3.05) is 19.7 Å². The molecule has 1 aliphatic rings. The molecule has 0 radical (unpaired) electrons. The summed E-state index contributed by atoms with van der Waals surface area (Å²) in [5, 5.41) is 12.1. The number of hydrogen-bond acceptors (Lipinski definition) is 5. The number of piperidine rings is 1. The van der Waals surface area contributed by atoms with Crippen LogP contribution in [0.2, 0.25) is 0 Å². The predicted molar refractivity (Wildman–Crippen MR) is 123 cm³/mol. The minimum absolute atomic E-state index is 0.00164. The van der Waals surface area contributed by atoms with Crippen LogP contribution < -0.4 is 4.74 Å². The van der Waals surface area contributed by atoms with Gasteiger partial charge in [0.05, 0.1) is 0 Å². The van der Waals surface area contributed by atoms with Gasteiger partial charge in [-0.1, -0.05) is 53.8 Å². The van der Waals surface area contributed by atoms with Crippen molar-refractivity contribution in [2.45, 2.75) is 18.8 Å². The highest BCUT2D eigenvalue weighted by Gasteiger charge is 2.28. The molecule has 0 spiro atoms. The zero-order chi connectivity index (χ0) is 21.9. The molecule has 0 aliphatic carbocycles. The molecule has 1 unspecified atom stereocenters. The van der Waals surface area contributed by atoms with E-state index in [-0.39, 0.29) is 24.2 Å². The maximum absolute atomic E-state index is 14.1. The van der Waals surface area contributed by atoms with E-state index in [1.807, 2.05) is 47.4 Å². The van der Waals surface area contributed by atoms with E-state index >= 15 is 0 Å². The Kier molecular flexibility index (Phi) is 5.81. The minimum atomic E-state index is -0.304. The zero-order valence-electron chi connectivity index (χ0n) is 17.4. The smallest absolute Gasteiger partial charge is 0.260 e. The fourth-order valence-electron chi connectivity index (χ4n) is 4.04. The molecule has 2 heterocycles. The SMILES string of the molecule is O=C(COc1ccc2ccccc2c1)N1CCCC(c2nnc(-c3ccccc3F)s2)C1. The van der Waals surface area contributed by atoms with E-state index in [9.17, 15) is 9.18 Å². The van der Waals surface area contributed by atoms with Gasteiger partial charge in [0, 0.05) is 24.6 Å². The van der Waals surface area contributed by atoms with E-state index in [4.69, 9.17) is 4.74 Å². The number of likely N-dealkylation sites (tertiary alicyclic amines) is 1. The van der Waals surface area contributed by atoms with Crippen molar-refractivity contribution in [3.63, 3.8) is 0 Å². The lowest BCUT2D eigenvalue weighted by atomic mass is 9.99. The van der Waals surface area contributed by atoms with Gasteiger partial charge in [-0.05, 0) is 47.9 Å². The Morgan fingerprint density at radius 3 is 2.75 bits per heavy atom. The van der Waals surface area contributed by atoms with Crippen molar-refractivity contribution in [3.8, 4) is 16.3 Å². The van der Waals surface area contributed by atoms with E-state index in [1.165, 1.54) is 17.4 Å². The number of aromatic nitrogens is 2. The molecule has 1 aliphatic heterocycles. The molecule has 0 N–H and O–H groups in total. The van der Waals surface area contributed by atoms with Crippen molar-refractivity contribution in [1.29, 1.82) is 0 Å². The highest BCUT2D eigenvalue weighted by atomic mass is 32.1. The summed E-state index contributed by atoms with van der Waals surface area (Å²) in [5.41, 5.74) is 0.462. The van der Waals surface area contributed by atoms with E-state index in [2.05, 4.69) is 10.2 Å². The Balaban J connectivity index is 1.22. The molecule has 7 heteroatoms. The van der Waals surface area contributed by atoms with Gasteiger partial charge in [0.25, 0.3) is 5.91 Å². The molecule has 1 saturated heterocycles. The van der Waals surface area contributed by atoms with E-state index in [0.717, 1.165) is 28.6 Å². The lowest BCUT2D eigenvalue weighted by Crippen LogP contribution is -2.41. The number of benzene rings is 3. The standard InChI is InChI=1S/C25H22FN3O2S/c26-22-10-4-3-9-21(22)25-28-27-24(32-25)19-8-5-13-29(15-19)23(30)16-31-20-12-11-17-6-1-2-7-18(17)14-20/h1-4,6-7,9-12,14,19H,5,8,13,15-16H2. The fourth-order valence-corrected chi connectivity index (χ4v) is 5.04. The van der Waals surface area contributed by atoms with Crippen molar-refractivity contribution < 1.29 is 13.9 Å². The van der Waals surface area contributed by atoms with Crippen LogP contribution in [0.3, 0.4) is 0 Å². The number of carbonyl (C=O) groups excluding carboxylic acids is 1. The number of amides is 1. The van der Waals surface area contributed by atoms with E-state index in [1.54, 1.807) is 18.2 Å². The molecule has 1 amide bonds. The Morgan fingerprint density at radius 2 is 1.88 bits per heavy atom. The number of rotatable bonds is 5. The van der Waals surface area contributed by atoms with Crippen LogP contribution in [0.5, 0.6) is 5.75 Å². The highest BCUT2D eigenvalue weighted by molar-refractivity contribution is 7.14. The van der Waals surface area contributed by atoms with Crippen molar-refractivity contribution in [2.24, 2.45) is 0 Å². The second-order valence-corrected chi connectivity index (χ2v) is 8.91. The number of ether oxygens (including phenoxy) is 1. The van der Waals surface area contributed by atoms with Gasteiger partial charge >= 0.3 is 0 Å². The molecule has 0 saturated carbocycles. The number of carbonyl (C=O) groups is 1. The van der Waals surface area contributed by atoms with Crippen molar-refractivity contribution in [1.82, 2.24) is 15.1 Å². The molecule has 0 bridgehead atoms. The van der Waals surface area contributed by atoms with Gasteiger partial charge < -0.3 is 9.64 Å². The van der Waals surface area contributed by atoms with Crippen LogP contribution in [-0.2, 0) is 4.79 Å². The molecule has 1 atom stereocenters. The highest BCUT2D eigenvalue weighted by Crippen LogP contribution is 2.33. The molecular formula is C25H22FN3O2S. The Bertz CT molecular complexity index is 1260. The summed E-state index contributed by atoms with van der Waals surface area (Å²) in [4.78, 5) is 14.6. The summed E-state index contributed by atoms with van der Waals surface area (Å²) >= 11 is 1.40. The molecular weight excluding hydrogens is 425 g/mol. The van der Waals surface area contributed by atoms with Gasteiger partial charge in [-0.2, -0.15) is 0 Å². The Morgan fingerprint density at radius 1 is 1.06 bits per heavy atom. The second-order valence-electron chi connectivity index (χ2n) is 7.90. The van der Waals surface area contributed by atoms with Gasteiger partial charge in [-0.15, -0.1) is 10.2 Å².